The first-order valence-corrected chi connectivity index (χ1v) is 11.9. The van der Waals surface area contributed by atoms with Gasteiger partial charge >= 0.3 is 6.03 Å². The number of amidine groups is 2. The highest BCUT2D eigenvalue weighted by atomic mass is 16.2. The Balaban J connectivity index is 0.00000228. The summed E-state index contributed by atoms with van der Waals surface area (Å²) >= 11 is 0. The summed E-state index contributed by atoms with van der Waals surface area (Å²) in [6, 6.07) is 1.81. The van der Waals surface area contributed by atoms with Gasteiger partial charge in [-0.05, 0) is 56.4 Å². The molecule has 184 valence electrons. The Hall–Kier alpha value is -3.49. The first kappa shape index (κ1) is 23.7. The topological polar surface area (TPSA) is 125 Å². The molecule has 1 saturated heterocycles. The second kappa shape index (κ2) is 9.40. The molecule has 0 bridgehead atoms. The van der Waals surface area contributed by atoms with E-state index in [4.69, 9.17) is 10.8 Å². The van der Waals surface area contributed by atoms with Gasteiger partial charge in [0.2, 0.25) is 0 Å². The largest absolute Gasteiger partial charge is 0.342 e. The normalized spacial score (nSPS) is 23.9. The maximum Gasteiger partial charge on any atom is 0.317 e. The van der Waals surface area contributed by atoms with Crippen LogP contribution < -0.4 is 10.6 Å². The summed E-state index contributed by atoms with van der Waals surface area (Å²) in [5.41, 5.74) is 2.42. The van der Waals surface area contributed by atoms with Crippen LogP contribution in [0.3, 0.4) is 0 Å². The third-order valence-corrected chi connectivity index (χ3v) is 6.74. The molecule has 0 aromatic carbocycles. The fourth-order valence-electron chi connectivity index (χ4n) is 4.83. The van der Waals surface area contributed by atoms with Crippen molar-refractivity contribution in [1.82, 2.24) is 25.4 Å². The number of pyridine rings is 1. The van der Waals surface area contributed by atoms with Gasteiger partial charge in [0.05, 0.1) is 5.54 Å². The van der Waals surface area contributed by atoms with Gasteiger partial charge < -0.3 is 20.4 Å². The molecule has 0 radical (unpaired) electrons. The van der Waals surface area contributed by atoms with Crippen molar-refractivity contribution < 1.29 is 12.4 Å². The number of nitrogens with zero attached hydrogens (tertiary/aromatic N) is 3. The molecule has 3 amide bonds. The van der Waals surface area contributed by atoms with E-state index in [-0.39, 0.29) is 20.8 Å². The number of aromatic nitrogens is 1. The van der Waals surface area contributed by atoms with Gasteiger partial charge in [0.1, 0.15) is 17.4 Å². The molecule has 34 heavy (non-hydrogen) atoms. The number of hydrogen-bond acceptors (Lipinski definition) is 5. The summed E-state index contributed by atoms with van der Waals surface area (Å²) < 4.78 is 0. The molecular weight excluding hydrogens is 430 g/mol. The van der Waals surface area contributed by atoms with Crippen LogP contribution >= 0.6 is 0 Å². The lowest BCUT2D eigenvalue weighted by atomic mass is 9.87. The summed E-state index contributed by atoms with van der Waals surface area (Å²) in [5, 5.41) is 22.8. The van der Waals surface area contributed by atoms with Crippen molar-refractivity contribution >= 4 is 23.6 Å². The van der Waals surface area contributed by atoms with E-state index < -0.39 is 5.54 Å². The van der Waals surface area contributed by atoms with Gasteiger partial charge in [0.25, 0.3) is 5.91 Å². The fourth-order valence-corrected chi connectivity index (χ4v) is 4.83. The highest BCUT2D eigenvalue weighted by molar-refractivity contribution is 6.08. The van der Waals surface area contributed by atoms with E-state index in [0.717, 1.165) is 23.1 Å². The number of nitrogens with one attached hydrogen (secondary N) is 4. The fraction of sp³-hybridized carbons (Fsp3) is 0.480. The van der Waals surface area contributed by atoms with Crippen LogP contribution in [0.1, 0.15) is 64.5 Å². The smallest absolute Gasteiger partial charge is 0.317 e. The molecule has 2 aliphatic heterocycles. The zero-order chi connectivity index (χ0) is 24.5. The zero-order valence-electron chi connectivity index (χ0n) is 20.1. The monoisotopic (exact) mass is 467 g/mol. The number of urea groups is 1. The van der Waals surface area contributed by atoms with Crippen LogP contribution in [0, 0.1) is 10.8 Å². The maximum atomic E-state index is 13.1. The average Bonchev–Trinajstić information content (AvgIpc) is 3.15. The third-order valence-electron chi connectivity index (χ3n) is 6.74. The van der Waals surface area contributed by atoms with Crippen LogP contribution in [0.2, 0.25) is 0 Å². The average molecular weight is 468 g/mol. The SMILES string of the molecule is CCNC(=O)N1CCc2cnc(C(=O)NC3(C)C=CC=C(C(=N)N4C(=N)CC[C@@H]4C)C3)cc2C1.[HH].[HH]. The molecule has 0 saturated carbocycles. The molecule has 1 fully saturated rings. The standard InChI is InChI=1S/C25H33N7O2.2H2/c1-4-28-24(34)31-11-9-18-14-29-20(12-19(18)15-31)23(33)30-25(3)10-5-6-17(13-25)22(27)32-16(2)7-8-21(32)26;;/h5-6,10,12,14,16,26-27H,4,7-9,11,13,15H2,1-3H3,(H,28,34)(H,30,33);2*1H/t16-,25?;;/m0../s1. The molecule has 3 aliphatic rings. The molecule has 1 aliphatic carbocycles. The minimum atomic E-state index is -0.677. The Kier molecular flexibility index (Phi) is 6.54. The number of likely N-dealkylation sites (tertiary alicyclic amines) is 1. The van der Waals surface area contributed by atoms with Crippen LogP contribution in [0.25, 0.3) is 0 Å². The predicted molar refractivity (Wildman–Crippen MR) is 135 cm³/mol. The van der Waals surface area contributed by atoms with Gasteiger partial charge in [0, 0.05) is 47.6 Å². The molecule has 3 heterocycles. The van der Waals surface area contributed by atoms with Gasteiger partial charge in [-0.25, -0.2) is 4.79 Å². The molecule has 4 rings (SSSR count). The second-order valence-corrected chi connectivity index (χ2v) is 9.50. The third kappa shape index (κ3) is 4.73. The summed E-state index contributed by atoms with van der Waals surface area (Å²) in [6.07, 6.45) is 10.1. The molecule has 1 aromatic heterocycles. The highest BCUT2D eigenvalue weighted by Gasteiger charge is 2.34. The maximum absolute atomic E-state index is 13.1. The summed E-state index contributed by atoms with van der Waals surface area (Å²) in [4.78, 5) is 33.3. The summed E-state index contributed by atoms with van der Waals surface area (Å²) in [5.74, 6) is 0.510. The van der Waals surface area contributed by atoms with Crippen molar-refractivity contribution in [3.8, 4) is 0 Å². The van der Waals surface area contributed by atoms with Crippen LogP contribution in [0.5, 0.6) is 0 Å². The van der Waals surface area contributed by atoms with E-state index >= 15 is 0 Å². The van der Waals surface area contributed by atoms with Gasteiger partial charge in [-0.15, -0.1) is 0 Å². The van der Waals surface area contributed by atoms with Crippen LogP contribution in [0.15, 0.2) is 36.1 Å². The summed E-state index contributed by atoms with van der Waals surface area (Å²) in [6.45, 7) is 7.50. The number of hydrogen-bond donors (Lipinski definition) is 4. The lowest BCUT2D eigenvalue weighted by Gasteiger charge is -2.34. The number of amides is 3. The predicted octanol–water partition coefficient (Wildman–Crippen LogP) is 3.47. The molecule has 1 aromatic rings. The minimum Gasteiger partial charge on any atom is -0.342 e. The van der Waals surface area contributed by atoms with Crippen molar-refractivity contribution in [2.75, 3.05) is 13.1 Å². The van der Waals surface area contributed by atoms with Gasteiger partial charge in [-0.3, -0.25) is 20.6 Å². The lowest BCUT2D eigenvalue weighted by Crippen LogP contribution is -2.48. The summed E-state index contributed by atoms with van der Waals surface area (Å²) in [7, 11) is 0. The minimum absolute atomic E-state index is 0. The Bertz CT molecular complexity index is 1100. The number of rotatable bonds is 4. The molecule has 9 nitrogen and oxygen atoms in total. The Morgan fingerprint density at radius 3 is 2.82 bits per heavy atom. The molecular formula is C25H37N7O2. The first-order chi connectivity index (χ1) is 16.2. The Labute approximate surface area is 203 Å². The van der Waals surface area contributed by atoms with E-state index in [1.54, 1.807) is 22.1 Å². The van der Waals surface area contributed by atoms with E-state index in [1.165, 1.54) is 0 Å². The number of carbonyl (C=O) groups is 2. The quantitative estimate of drug-likeness (QED) is 0.400. The van der Waals surface area contributed by atoms with Crippen LogP contribution in [-0.2, 0) is 13.0 Å². The van der Waals surface area contributed by atoms with E-state index in [2.05, 4.69) is 15.6 Å². The second-order valence-electron chi connectivity index (χ2n) is 9.50. The van der Waals surface area contributed by atoms with E-state index in [1.807, 2.05) is 39.0 Å². The highest BCUT2D eigenvalue weighted by Crippen LogP contribution is 2.28. The molecule has 2 atom stereocenters. The van der Waals surface area contributed by atoms with Crippen molar-refractivity contribution in [3.63, 3.8) is 0 Å². The molecule has 0 spiro atoms. The first-order valence-electron chi connectivity index (χ1n) is 11.9. The van der Waals surface area contributed by atoms with Crippen LogP contribution in [-0.4, -0.2) is 63.1 Å². The number of carbonyl (C=O) groups excluding carboxylic acids is 2. The van der Waals surface area contributed by atoms with Crippen molar-refractivity contribution in [3.05, 3.63) is 52.9 Å². The Morgan fingerprint density at radius 1 is 1.32 bits per heavy atom. The van der Waals surface area contributed by atoms with Crippen molar-refractivity contribution in [2.45, 2.75) is 64.6 Å². The van der Waals surface area contributed by atoms with E-state index in [9.17, 15) is 9.59 Å². The van der Waals surface area contributed by atoms with Gasteiger partial charge in [0.15, 0.2) is 0 Å². The van der Waals surface area contributed by atoms with Crippen molar-refractivity contribution in [2.24, 2.45) is 0 Å². The zero-order valence-corrected chi connectivity index (χ0v) is 20.1. The van der Waals surface area contributed by atoms with E-state index in [0.29, 0.717) is 56.3 Å². The lowest BCUT2D eigenvalue weighted by molar-refractivity contribution is 0.0916. The van der Waals surface area contributed by atoms with Gasteiger partial charge in [-0.1, -0.05) is 18.2 Å². The van der Waals surface area contributed by atoms with Crippen LogP contribution in [0.4, 0.5) is 4.79 Å². The number of allylic oxidation sites excluding steroid dienone is 2. The molecule has 9 heteroatoms. The Morgan fingerprint density at radius 2 is 2.12 bits per heavy atom. The van der Waals surface area contributed by atoms with Crippen molar-refractivity contribution in [1.29, 1.82) is 10.8 Å². The molecule has 4 N–H and O–H groups in total. The molecule has 1 unspecified atom stereocenters. The van der Waals surface area contributed by atoms with Gasteiger partial charge in [-0.2, -0.15) is 0 Å². The number of fused-ring (bicyclic) bond motifs is 1.